The van der Waals surface area contributed by atoms with E-state index in [0.29, 0.717) is 0 Å². The van der Waals surface area contributed by atoms with E-state index in [1.54, 1.807) is 13.2 Å². The van der Waals surface area contributed by atoms with Gasteiger partial charge in [0.2, 0.25) is 0 Å². The molecule has 3 heteroatoms. The topological polar surface area (TPSA) is 25.1 Å². The summed E-state index contributed by atoms with van der Waals surface area (Å²) in [5.41, 5.74) is 0. The minimum atomic E-state index is 0. The first-order chi connectivity index (χ1) is 3.00. The molecule has 0 atom stereocenters. The van der Waals surface area contributed by atoms with Crippen LogP contribution in [0.4, 0.5) is 0 Å². The van der Waals surface area contributed by atoms with Crippen LogP contribution in [0.5, 0.6) is 0 Å². The third kappa shape index (κ3) is 20.6. The van der Waals surface area contributed by atoms with Crippen molar-refractivity contribution < 1.29 is 30.5 Å². The number of epoxide rings is 2. The maximum absolute atomic E-state index is 4.38. The van der Waals surface area contributed by atoms with E-state index in [4.69, 9.17) is 0 Å². The molecule has 2 aliphatic rings. The van der Waals surface area contributed by atoms with E-state index in [-0.39, 0.29) is 21.1 Å². The van der Waals surface area contributed by atoms with Crippen LogP contribution in [-0.4, -0.2) is 13.2 Å². The number of ether oxygens (including phenoxy) is 2. The van der Waals surface area contributed by atoms with Gasteiger partial charge in [-0.25, -0.2) is 0 Å². The Hall–Kier alpha value is 0.608. The van der Waals surface area contributed by atoms with Crippen LogP contribution in [0, 0.1) is 13.2 Å². The van der Waals surface area contributed by atoms with Gasteiger partial charge in [-0.3, -0.25) is 0 Å². The van der Waals surface area contributed by atoms with Crippen molar-refractivity contribution in [3.63, 3.8) is 0 Å². The average Bonchev–Trinajstić information content (AvgIpc) is 2.31. The minimum absolute atomic E-state index is 0. The van der Waals surface area contributed by atoms with Gasteiger partial charge in [0.25, 0.3) is 0 Å². The summed E-state index contributed by atoms with van der Waals surface area (Å²) in [6, 6.07) is 0. The minimum Gasteiger partial charge on any atom is -0.574 e. The summed E-state index contributed by atoms with van der Waals surface area (Å²) in [5, 5.41) is 0. The summed E-state index contributed by atoms with van der Waals surface area (Å²) in [6.45, 7) is 5.25. The Morgan fingerprint density at radius 2 is 1.14 bits per heavy atom. The van der Waals surface area contributed by atoms with E-state index in [2.05, 4.69) is 9.47 Å². The Morgan fingerprint density at radius 3 is 1.14 bits per heavy atom. The van der Waals surface area contributed by atoms with Crippen molar-refractivity contribution in [3.05, 3.63) is 13.2 Å². The Labute approximate surface area is 57.4 Å². The zero-order chi connectivity index (χ0) is 4.24. The molecule has 0 aromatic rings. The van der Waals surface area contributed by atoms with Crippen LogP contribution < -0.4 is 0 Å². The predicted octanol–water partition coefficient (Wildman–Crippen LogP) is 0.354. The Kier molecular flexibility index (Phi) is 5.17. The maximum Gasteiger partial charge on any atom is 2.00 e. The van der Waals surface area contributed by atoms with Crippen LogP contribution in [0.3, 0.4) is 0 Å². The Bertz CT molecular complexity index is 25.2. The number of hydrogen-bond acceptors (Lipinski definition) is 2. The van der Waals surface area contributed by atoms with Crippen molar-refractivity contribution in [1.29, 1.82) is 0 Å². The average molecular weight is 270 g/mol. The van der Waals surface area contributed by atoms with Crippen molar-refractivity contribution in [1.82, 2.24) is 0 Å². The standard InChI is InChI=1S/2C2H3O.W/c2*1-2-3-1;/h2*1H,2H2;/q2*-1;+2. The van der Waals surface area contributed by atoms with Gasteiger partial charge in [0.15, 0.2) is 0 Å². The molecule has 40 valence electrons. The van der Waals surface area contributed by atoms with Gasteiger partial charge in [0, 0.05) is 0 Å². The van der Waals surface area contributed by atoms with Crippen LogP contribution in [-0.2, 0) is 30.5 Å². The summed E-state index contributed by atoms with van der Waals surface area (Å²) in [7, 11) is 0. The maximum atomic E-state index is 4.38. The van der Waals surface area contributed by atoms with Gasteiger partial charge in [-0.05, 0) is 0 Å². The molecule has 7 heavy (non-hydrogen) atoms. The van der Waals surface area contributed by atoms with Crippen LogP contribution >= 0.6 is 0 Å². The van der Waals surface area contributed by atoms with Crippen molar-refractivity contribution >= 4 is 0 Å². The first-order valence-corrected chi connectivity index (χ1v) is 1.87. The van der Waals surface area contributed by atoms with Crippen LogP contribution in [0.25, 0.3) is 0 Å². The molecule has 2 rings (SSSR count). The number of rotatable bonds is 0. The monoisotopic (exact) mass is 270 g/mol. The normalized spacial score (nSPS) is 20.6. The molecule has 0 aliphatic carbocycles. The summed E-state index contributed by atoms with van der Waals surface area (Å²) in [6.07, 6.45) is 0. The molecule has 0 aromatic carbocycles. The van der Waals surface area contributed by atoms with Gasteiger partial charge in [-0.1, -0.05) is 13.2 Å². The fourth-order valence-electron chi connectivity index (χ4n) is 0. The van der Waals surface area contributed by atoms with Crippen LogP contribution in [0.15, 0.2) is 0 Å². The molecule has 0 N–H and O–H groups in total. The van der Waals surface area contributed by atoms with E-state index in [1.807, 2.05) is 0 Å². The van der Waals surface area contributed by atoms with Crippen LogP contribution in [0.1, 0.15) is 0 Å². The van der Waals surface area contributed by atoms with E-state index in [0.717, 1.165) is 13.2 Å². The molecule has 0 unspecified atom stereocenters. The fraction of sp³-hybridized carbons (Fsp3) is 0.500. The van der Waals surface area contributed by atoms with Gasteiger partial charge in [-0.2, -0.15) is 13.2 Å². The van der Waals surface area contributed by atoms with Crippen molar-refractivity contribution in [3.8, 4) is 0 Å². The Balaban J connectivity index is 0.0000000900. The van der Waals surface area contributed by atoms with Crippen molar-refractivity contribution in [2.75, 3.05) is 13.2 Å². The molecular formula is C4H6O2W. The molecule has 0 radical (unpaired) electrons. The summed E-state index contributed by atoms with van der Waals surface area (Å²) in [4.78, 5) is 0. The molecule has 0 amide bonds. The van der Waals surface area contributed by atoms with E-state index < -0.39 is 0 Å². The molecule has 2 fully saturated rings. The smallest absolute Gasteiger partial charge is 0.574 e. The van der Waals surface area contributed by atoms with Crippen molar-refractivity contribution in [2.24, 2.45) is 0 Å². The van der Waals surface area contributed by atoms with E-state index in [9.17, 15) is 0 Å². The third-order valence-electron chi connectivity index (χ3n) is 0.333. The summed E-state index contributed by atoms with van der Waals surface area (Å²) < 4.78 is 8.75. The summed E-state index contributed by atoms with van der Waals surface area (Å²) in [5.74, 6) is 0. The molecule has 0 bridgehead atoms. The summed E-state index contributed by atoms with van der Waals surface area (Å²) >= 11 is 0. The van der Waals surface area contributed by atoms with E-state index in [1.165, 1.54) is 0 Å². The van der Waals surface area contributed by atoms with Gasteiger partial charge in [0.05, 0.1) is 0 Å². The zero-order valence-electron chi connectivity index (χ0n) is 3.79. The zero-order valence-corrected chi connectivity index (χ0v) is 6.73. The molecule has 2 aliphatic heterocycles. The molecule has 2 heterocycles. The van der Waals surface area contributed by atoms with E-state index >= 15 is 0 Å². The van der Waals surface area contributed by atoms with Crippen molar-refractivity contribution in [2.45, 2.75) is 0 Å². The fourth-order valence-corrected chi connectivity index (χ4v) is 0. The second-order valence-electron chi connectivity index (χ2n) is 1.00. The van der Waals surface area contributed by atoms with Gasteiger partial charge < -0.3 is 9.47 Å². The molecule has 0 spiro atoms. The molecular weight excluding hydrogens is 264 g/mol. The SMILES string of the molecule is [CH-]1CO1.[CH-]1CO1.[W+2]. The first-order valence-electron chi connectivity index (χ1n) is 1.87. The first kappa shape index (κ1) is 7.61. The molecule has 2 saturated heterocycles. The Morgan fingerprint density at radius 1 is 1.00 bits per heavy atom. The largest absolute Gasteiger partial charge is 2.00 e. The molecule has 0 saturated carbocycles. The van der Waals surface area contributed by atoms with Gasteiger partial charge in [-0.15, -0.1) is 0 Å². The quantitative estimate of drug-likeness (QED) is 0.469. The second kappa shape index (κ2) is 4.76. The van der Waals surface area contributed by atoms with Crippen LogP contribution in [0.2, 0.25) is 0 Å². The number of hydrogen-bond donors (Lipinski definition) is 0. The molecule has 2 nitrogen and oxygen atoms in total. The predicted molar refractivity (Wildman–Crippen MR) is 20.5 cm³/mol. The third-order valence-corrected chi connectivity index (χ3v) is 0.333. The molecule has 0 aromatic heterocycles. The van der Waals surface area contributed by atoms with Gasteiger partial charge in [0.1, 0.15) is 0 Å². The van der Waals surface area contributed by atoms with Gasteiger partial charge >= 0.3 is 21.1 Å². The second-order valence-corrected chi connectivity index (χ2v) is 1.00.